The number of fused-ring (bicyclic) bond motifs is 1. The summed E-state index contributed by atoms with van der Waals surface area (Å²) in [6, 6.07) is 4.02. The molecule has 5 nitrogen and oxygen atoms in total. The van der Waals surface area contributed by atoms with E-state index in [1.807, 2.05) is 42.9 Å². The fraction of sp³-hybridized carbons (Fsp3) is 0.429. The monoisotopic (exact) mass is 332 g/mol. The number of nitrogens with one attached hydrogen (secondary N) is 2. The molecule has 1 amide bonds. The molecular weight excluding hydrogens is 311 g/mol. The molecule has 2 aromatic heterocycles. The molecule has 0 spiro atoms. The van der Waals surface area contributed by atoms with Crippen LogP contribution in [-0.2, 0) is 11.3 Å². The summed E-state index contributed by atoms with van der Waals surface area (Å²) in [4.78, 5) is 16.1. The number of imidazole rings is 1. The van der Waals surface area contributed by atoms with Crippen molar-refractivity contribution in [2.75, 3.05) is 13.6 Å². The highest BCUT2D eigenvalue weighted by Crippen LogP contribution is 2.09. The number of nitrogens with zero attached hydrogens (tertiary/aromatic N) is 2. The van der Waals surface area contributed by atoms with Gasteiger partial charge in [-0.3, -0.25) is 4.79 Å². The number of pyridine rings is 1. The van der Waals surface area contributed by atoms with E-state index in [1.165, 1.54) is 0 Å². The van der Waals surface area contributed by atoms with Crippen LogP contribution in [0.1, 0.15) is 24.1 Å². The predicted molar refractivity (Wildman–Crippen MR) is 89.4 cm³/mol. The molecule has 0 aliphatic heterocycles. The summed E-state index contributed by atoms with van der Waals surface area (Å²) in [5.41, 5.74) is 2.97. The van der Waals surface area contributed by atoms with Crippen LogP contribution in [0.5, 0.6) is 0 Å². The molecule has 2 N–H and O–H groups in total. The number of aryl methyl sites for hydroxylation is 1. The van der Waals surface area contributed by atoms with Crippen LogP contribution in [-0.4, -0.2) is 28.9 Å². The maximum Gasteiger partial charge on any atom is 0.220 e. The van der Waals surface area contributed by atoms with Gasteiger partial charge in [0.2, 0.25) is 5.91 Å². The minimum absolute atomic E-state index is 0. The number of carbonyl (C=O) groups excluding carboxylic acids is 1. The molecule has 7 heteroatoms. The van der Waals surface area contributed by atoms with Crippen molar-refractivity contribution in [3.8, 4) is 0 Å². The molecule has 0 atom stereocenters. The summed E-state index contributed by atoms with van der Waals surface area (Å²) in [5, 5.41) is 5.92. The molecule has 118 valence electrons. The van der Waals surface area contributed by atoms with Gasteiger partial charge in [0, 0.05) is 18.8 Å². The van der Waals surface area contributed by atoms with E-state index < -0.39 is 0 Å². The van der Waals surface area contributed by atoms with Gasteiger partial charge >= 0.3 is 0 Å². The second kappa shape index (κ2) is 9.60. The van der Waals surface area contributed by atoms with Crippen LogP contribution in [0.15, 0.2) is 24.5 Å². The molecule has 2 rings (SSSR count). The molecular formula is C14H22Cl2N4O. The number of amides is 1. The second-order valence-electron chi connectivity index (χ2n) is 4.64. The lowest BCUT2D eigenvalue weighted by Gasteiger charge is -2.02. The lowest BCUT2D eigenvalue weighted by atomic mass is 10.3. The van der Waals surface area contributed by atoms with E-state index in [-0.39, 0.29) is 30.7 Å². The normalized spacial score (nSPS) is 9.81. The number of aromatic nitrogens is 2. The van der Waals surface area contributed by atoms with Crippen molar-refractivity contribution in [2.45, 2.75) is 26.3 Å². The van der Waals surface area contributed by atoms with Crippen molar-refractivity contribution in [1.82, 2.24) is 20.0 Å². The van der Waals surface area contributed by atoms with Crippen LogP contribution in [0.3, 0.4) is 0 Å². The third-order valence-electron chi connectivity index (χ3n) is 3.03. The quantitative estimate of drug-likeness (QED) is 0.796. The Bertz CT molecular complexity index is 571. The van der Waals surface area contributed by atoms with Gasteiger partial charge in [0.15, 0.2) is 0 Å². The second-order valence-corrected chi connectivity index (χ2v) is 4.64. The molecule has 0 saturated carbocycles. The minimum Gasteiger partial charge on any atom is -0.350 e. The fourth-order valence-corrected chi connectivity index (χ4v) is 1.99. The zero-order chi connectivity index (χ0) is 13.7. The Morgan fingerprint density at radius 3 is 2.81 bits per heavy atom. The summed E-state index contributed by atoms with van der Waals surface area (Å²) in [5.74, 6) is 0.0732. The smallest absolute Gasteiger partial charge is 0.220 e. The van der Waals surface area contributed by atoms with Crippen molar-refractivity contribution in [1.29, 1.82) is 0 Å². The first kappa shape index (κ1) is 19.7. The van der Waals surface area contributed by atoms with E-state index in [9.17, 15) is 4.79 Å². The molecule has 2 aromatic rings. The number of rotatable bonds is 6. The van der Waals surface area contributed by atoms with E-state index in [1.54, 1.807) is 0 Å². The predicted octanol–water partition coefficient (Wildman–Crippen LogP) is 2.10. The Balaban J connectivity index is 0.00000200. The summed E-state index contributed by atoms with van der Waals surface area (Å²) in [6.07, 6.45) is 5.32. The SMILES string of the molecule is CNCCCC(=O)NCc1cn2cccc(C)c2n1.Cl.Cl. The summed E-state index contributed by atoms with van der Waals surface area (Å²) in [6.45, 7) is 3.38. The molecule has 0 aliphatic carbocycles. The van der Waals surface area contributed by atoms with Crippen molar-refractivity contribution in [2.24, 2.45) is 0 Å². The van der Waals surface area contributed by atoms with Crippen molar-refractivity contribution < 1.29 is 4.79 Å². The molecule has 0 saturated heterocycles. The van der Waals surface area contributed by atoms with E-state index >= 15 is 0 Å². The first-order valence-corrected chi connectivity index (χ1v) is 6.55. The standard InChI is InChI=1S/C14H20N4O.2ClH/c1-11-5-4-8-18-10-12(17-14(11)18)9-16-13(19)6-3-7-15-2;;/h4-5,8,10,15H,3,6-7,9H2,1-2H3,(H,16,19);2*1H. The lowest BCUT2D eigenvalue weighted by molar-refractivity contribution is -0.121. The number of carbonyl (C=O) groups is 1. The molecule has 0 aliphatic rings. The Morgan fingerprint density at radius 2 is 2.14 bits per heavy atom. The van der Waals surface area contributed by atoms with Gasteiger partial charge in [-0.15, -0.1) is 24.8 Å². The highest BCUT2D eigenvalue weighted by Gasteiger charge is 2.05. The van der Waals surface area contributed by atoms with E-state index in [0.717, 1.165) is 29.9 Å². The molecule has 2 heterocycles. The zero-order valence-electron chi connectivity index (χ0n) is 12.3. The lowest BCUT2D eigenvalue weighted by Crippen LogP contribution is -2.23. The Labute approximate surface area is 137 Å². The van der Waals surface area contributed by atoms with Crippen LogP contribution in [0.4, 0.5) is 0 Å². The van der Waals surface area contributed by atoms with Crippen LogP contribution in [0.25, 0.3) is 5.65 Å². The highest BCUT2D eigenvalue weighted by molar-refractivity contribution is 5.85. The van der Waals surface area contributed by atoms with Gasteiger partial charge in [0.05, 0.1) is 12.2 Å². The van der Waals surface area contributed by atoms with Crippen LogP contribution < -0.4 is 10.6 Å². The number of hydrogen-bond acceptors (Lipinski definition) is 3. The minimum atomic E-state index is 0. The third-order valence-corrected chi connectivity index (χ3v) is 3.03. The molecule has 0 fully saturated rings. The number of halogens is 2. The summed E-state index contributed by atoms with van der Waals surface area (Å²) in [7, 11) is 1.89. The van der Waals surface area contributed by atoms with Crippen molar-refractivity contribution >= 4 is 36.4 Å². The molecule has 0 radical (unpaired) electrons. The van der Waals surface area contributed by atoms with Gasteiger partial charge < -0.3 is 15.0 Å². The topological polar surface area (TPSA) is 58.4 Å². The zero-order valence-corrected chi connectivity index (χ0v) is 13.9. The maximum atomic E-state index is 11.6. The maximum absolute atomic E-state index is 11.6. The van der Waals surface area contributed by atoms with E-state index in [0.29, 0.717) is 13.0 Å². The van der Waals surface area contributed by atoms with Crippen LogP contribution in [0, 0.1) is 6.92 Å². The number of hydrogen-bond donors (Lipinski definition) is 2. The highest BCUT2D eigenvalue weighted by atomic mass is 35.5. The Kier molecular flexibility index (Phi) is 9.01. The molecule has 21 heavy (non-hydrogen) atoms. The van der Waals surface area contributed by atoms with Gasteiger partial charge in [0.1, 0.15) is 5.65 Å². The fourth-order valence-electron chi connectivity index (χ4n) is 1.99. The van der Waals surface area contributed by atoms with Gasteiger partial charge in [0.25, 0.3) is 0 Å². The van der Waals surface area contributed by atoms with Crippen molar-refractivity contribution in [3.05, 3.63) is 35.8 Å². The molecule has 0 aromatic carbocycles. The van der Waals surface area contributed by atoms with Gasteiger partial charge in [-0.05, 0) is 38.6 Å². The first-order valence-electron chi connectivity index (χ1n) is 6.55. The third kappa shape index (κ3) is 5.53. The summed E-state index contributed by atoms with van der Waals surface area (Å²) < 4.78 is 1.98. The average Bonchev–Trinajstić information content (AvgIpc) is 2.81. The molecule has 0 bridgehead atoms. The first-order chi connectivity index (χ1) is 9.20. The van der Waals surface area contributed by atoms with Crippen LogP contribution >= 0.6 is 24.8 Å². The largest absolute Gasteiger partial charge is 0.350 e. The summed E-state index contributed by atoms with van der Waals surface area (Å²) >= 11 is 0. The van der Waals surface area contributed by atoms with E-state index in [4.69, 9.17) is 0 Å². The van der Waals surface area contributed by atoms with Crippen LogP contribution in [0.2, 0.25) is 0 Å². The van der Waals surface area contributed by atoms with Gasteiger partial charge in [-0.2, -0.15) is 0 Å². The Morgan fingerprint density at radius 1 is 1.38 bits per heavy atom. The van der Waals surface area contributed by atoms with Gasteiger partial charge in [-0.1, -0.05) is 6.07 Å². The average molecular weight is 333 g/mol. The van der Waals surface area contributed by atoms with Crippen molar-refractivity contribution in [3.63, 3.8) is 0 Å². The van der Waals surface area contributed by atoms with Gasteiger partial charge in [-0.25, -0.2) is 4.98 Å². The Hall–Kier alpha value is -1.30. The molecule has 0 unspecified atom stereocenters. The van der Waals surface area contributed by atoms with E-state index in [2.05, 4.69) is 15.6 Å².